The monoisotopic (exact) mass is 1240 g/mol. The first-order chi connectivity index (χ1) is 40.4. The number of carbonyl (C=O) groups excluding carboxylic acids is 4. The number of rotatable bonds is 64. The minimum absolute atomic E-state index is 0.104. The summed E-state index contributed by atoms with van der Waals surface area (Å²) >= 11 is 0. The van der Waals surface area contributed by atoms with Crippen LogP contribution in [0.1, 0.15) is 324 Å². The number of hydrogen-bond donors (Lipinski definition) is 3. The molecule has 0 fully saturated rings. The smallest absolute Gasteiger partial charge is 0.462 e. The molecule has 0 aromatic carbocycles. The lowest BCUT2D eigenvalue weighted by Gasteiger charge is -2.21. The van der Waals surface area contributed by atoms with E-state index in [2.05, 4.69) is 41.5 Å². The van der Waals surface area contributed by atoms with Gasteiger partial charge in [0.25, 0.3) is 0 Å². The molecule has 2 unspecified atom stereocenters. The lowest BCUT2D eigenvalue weighted by Crippen LogP contribution is -2.30. The molecule has 19 heteroatoms. The van der Waals surface area contributed by atoms with Crippen LogP contribution in [-0.2, 0) is 65.4 Å². The Bertz CT molecular complexity index is 1650. The topological polar surface area (TPSA) is 237 Å². The van der Waals surface area contributed by atoms with Crippen molar-refractivity contribution in [1.29, 1.82) is 0 Å². The number of ether oxygens (including phenoxy) is 4. The Morgan fingerprint density at radius 1 is 0.321 bits per heavy atom. The number of hydrogen-bond acceptors (Lipinski definition) is 15. The van der Waals surface area contributed by atoms with Crippen LogP contribution in [-0.4, -0.2) is 96.7 Å². The van der Waals surface area contributed by atoms with Gasteiger partial charge in [-0.05, 0) is 37.5 Å². The number of carbonyl (C=O) groups is 4. The van der Waals surface area contributed by atoms with Crippen LogP contribution in [0.5, 0.6) is 0 Å². The van der Waals surface area contributed by atoms with Crippen molar-refractivity contribution in [3.63, 3.8) is 0 Å². The maximum absolute atomic E-state index is 13.0. The van der Waals surface area contributed by atoms with Crippen molar-refractivity contribution in [3.05, 3.63) is 0 Å². The van der Waals surface area contributed by atoms with Crippen LogP contribution >= 0.6 is 15.6 Å². The zero-order chi connectivity index (χ0) is 62.2. The molecular formula is C65H126O17P2. The largest absolute Gasteiger partial charge is 0.472 e. The maximum Gasteiger partial charge on any atom is 0.472 e. The minimum Gasteiger partial charge on any atom is -0.462 e. The Hall–Kier alpha value is -1.94. The number of aliphatic hydroxyl groups excluding tert-OH is 1. The SMILES string of the molecule is CCCCCCCCCCC(=O)O[C@H](COC(=O)CCCCCCC)COP(=O)(O)OC[C@H](O)COP(=O)(O)OC[C@@H](COC(=O)CCCCCCCCCCCC(C)C)OC(=O)CCCCCCCCCCCCCCCCCCC(C)C. The lowest BCUT2D eigenvalue weighted by atomic mass is 10.0. The summed E-state index contributed by atoms with van der Waals surface area (Å²) in [5.74, 6) is -0.593. The van der Waals surface area contributed by atoms with E-state index in [-0.39, 0.29) is 25.7 Å². The van der Waals surface area contributed by atoms with Gasteiger partial charge in [-0.25, -0.2) is 9.13 Å². The molecule has 0 aromatic rings. The summed E-state index contributed by atoms with van der Waals surface area (Å²) in [5, 5.41) is 10.5. The van der Waals surface area contributed by atoms with Gasteiger partial charge in [-0.15, -0.1) is 0 Å². The molecule has 0 aliphatic carbocycles. The van der Waals surface area contributed by atoms with Crippen LogP contribution in [0.3, 0.4) is 0 Å². The Balaban J connectivity index is 5.12. The standard InChI is InChI=1S/C65H126O17P2/c1-7-9-11-13-14-30-37-43-49-64(69)81-60(53-75-62(67)47-41-33-12-10-8-2)55-79-83(71,72)77-51-59(66)52-78-84(73,74)80-56-61(54-76-63(68)48-42-36-31-27-23-25-29-35-40-46-58(5)6)82-65(70)50-44-38-32-26-22-20-18-16-15-17-19-21-24-28-34-39-45-57(3)4/h57-61,66H,7-56H2,1-6H3,(H,71,72)(H,73,74)/t59-,60+,61+/m0/s1. The molecule has 0 aliphatic rings. The second-order valence-corrected chi connectivity index (χ2v) is 27.4. The van der Waals surface area contributed by atoms with E-state index in [1.54, 1.807) is 0 Å². The van der Waals surface area contributed by atoms with Gasteiger partial charge in [-0.2, -0.15) is 0 Å². The zero-order valence-electron chi connectivity index (χ0n) is 54.2. The third kappa shape index (κ3) is 59.0. The summed E-state index contributed by atoms with van der Waals surface area (Å²) in [5.41, 5.74) is 0. The van der Waals surface area contributed by atoms with E-state index in [9.17, 15) is 43.2 Å². The summed E-state index contributed by atoms with van der Waals surface area (Å²) in [6, 6.07) is 0. The van der Waals surface area contributed by atoms with Crippen molar-refractivity contribution in [1.82, 2.24) is 0 Å². The minimum atomic E-state index is -4.94. The van der Waals surface area contributed by atoms with Gasteiger partial charge in [0.2, 0.25) is 0 Å². The molecule has 0 spiro atoms. The maximum atomic E-state index is 13.0. The highest BCUT2D eigenvalue weighted by Crippen LogP contribution is 2.45. The predicted octanol–water partition coefficient (Wildman–Crippen LogP) is 18.0. The molecule has 0 aromatic heterocycles. The lowest BCUT2D eigenvalue weighted by molar-refractivity contribution is -0.161. The molecule has 0 saturated carbocycles. The van der Waals surface area contributed by atoms with Crippen LogP contribution < -0.4 is 0 Å². The van der Waals surface area contributed by atoms with E-state index in [0.29, 0.717) is 25.7 Å². The van der Waals surface area contributed by atoms with E-state index < -0.39 is 97.5 Å². The predicted molar refractivity (Wildman–Crippen MR) is 335 cm³/mol. The van der Waals surface area contributed by atoms with Crippen molar-refractivity contribution in [2.24, 2.45) is 11.8 Å². The first-order valence-electron chi connectivity index (χ1n) is 34.0. The van der Waals surface area contributed by atoms with Gasteiger partial charge in [-0.1, -0.05) is 273 Å². The second-order valence-electron chi connectivity index (χ2n) is 24.5. The molecule has 0 saturated heterocycles. The molecule has 17 nitrogen and oxygen atoms in total. The fourth-order valence-electron chi connectivity index (χ4n) is 9.71. The second kappa shape index (κ2) is 57.5. The van der Waals surface area contributed by atoms with Crippen molar-refractivity contribution in [2.75, 3.05) is 39.6 Å². The molecule has 0 amide bonds. The van der Waals surface area contributed by atoms with E-state index >= 15 is 0 Å². The van der Waals surface area contributed by atoms with Crippen molar-refractivity contribution in [2.45, 2.75) is 342 Å². The number of aliphatic hydroxyl groups is 1. The van der Waals surface area contributed by atoms with E-state index in [4.69, 9.17) is 37.0 Å². The fourth-order valence-corrected chi connectivity index (χ4v) is 11.3. The Labute approximate surface area is 511 Å². The van der Waals surface area contributed by atoms with E-state index in [1.807, 2.05) is 0 Å². The summed E-state index contributed by atoms with van der Waals surface area (Å²) in [6.45, 7) is 9.40. The van der Waals surface area contributed by atoms with Gasteiger partial charge in [0.15, 0.2) is 12.2 Å². The first-order valence-corrected chi connectivity index (χ1v) is 37.0. The zero-order valence-corrected chi connectivity index (χ0v) is 56.0. The van der Waals surface area contributed by atoms with Crippen LogP contribution in [0.4, 0.5) is 0 Å². The van der Waals surface area contributed by atoms with E-state index in [0.717, 1.165) is 115 Å². The molecular weight excluding hydrogens is 1110 g/mol. The number of esters is 4. The molecule has 3 N–H and O–H groups in total. The number of phosphoric ester groups is 2. The van der Waals surface area contributed by atoms with Crippen molar-refractivity contribution >= 4 is 39.5 Å². The fraction of sp³-hybridized carbons (Fsp3) is 0.938. The average Bonchev–Trinajstić information content (AvgIpc) is 3.57. The average molecular weight is 1240 g/mol. The number of unbranched alkanes of at least 4 members (excludes halogenated alkanes) is 34. The van der Waals surface area contributed by atoms with Gasteiger partial charge in [0.05, 0.1) is 26.4 Å². The third-order valence-electron chi connectivity index (χ3n) is 15.0. The highest BCUT2D eigenvalue weighted by atomic mass is 31.2. The molecule has 498 valence electrons. The molecule has 0 rings (SSSR count). The Morgan fingerprint density at radius 3 is 0.810 bits per heavy atom. The first kappa shape index (κ1) is 82.1. The normalized spacial score (nSPS) is 14.3. The molecule has 0 bridgehead atoms. The summed E-state index contributed by atoms with van der Waals surface area (Å²) < 4.78 is 67.8. The van der Waals surface area contributed by atoms with Gasteiger partial charge in [0, 0.05) is 25.7 Å². The van der Waals surface area contributed by atoms with Crippen LogP contribution in [0.25, 0.3) is 0 Å². The summed E-state index contributed by atoms with van der Waals surface area (Å²) in [4.78, 5) is 71.9. The van der Waals surface area contributed by atoms with E-state index in [1.165, 1.54) is 128 Å². The van der Waals surface area contributed by atoms with Crippen LogP contribution in [0.15, 0.2) is 0 Å². The van der Waals surface area contributed by atoms with Crippen LogP contribution in [0, 0.1) is 11.8 Å². The molecule has 0 aliphatic heterocycles. The van der Waals surface area contributed by atoms with Gasteiger partial charge in [0.1, 0.15) is 19.3 Å². The highest BCUT2D eigenvalue weighted by molar-refractivity contribution is 7.47. The molecule has 84 heavy (non-hydrogen) atoms. The molecule has 0 heterocycles. The summed E-state index contributed by atoms with van der Waals surface area (Å²) in [6.07, 6.45) is 40.8. The molecule has 5 atom stereocenters. The number of phosphoric acid groups is 2. The van der Waals surface area contributed by atoms with Crippen molar-refractivity contribution in [3.8, 4) is 0 Å². The quantitative estimate of drug-likeness (QED) is 0.0222. The third-order valence-corrected chi connectivity index (χ3v) is 16.9. The van der Waals surface area contributed by atoms with Gasteiger partial charge >= 0.3 is 39.5 Å². The van der Waals surface area contributed by atoms with Crippen molar-refractivity contribution < 1.29 is 80.2 Å². The van der Waals surface area contributed by atoms with Gasteiger partial charge in [-0.3, -0.25) is 37.3 Å². The highest BCUT2D eigenvalue weighted by Gasteiger charge is 2.30. The molecule has 0 radical (unpaired) electrons. The van der Waals surface area contributed by atoms with Crippen LogP contribution in [0.2, 0.25) is 0 Å². The Morgan fingerprint density at radius 2 is 0.548 bits per heavy atom. The van der Waals surface area contributed by atoms with Gasteiger partial charge < -0.3 is 33.8 Å². The summed E-state index contributed by atoms with van der Waals surface area (Å²) in [7, 11) is -9.88. The Kier molecular flexibility index (Phi) is 56.2.